The highest BCUT2D eigenvalue weighted by Gasteiger charge is 2.41. The molecule has 2 rings (SSSR count). The first-order valence-corrected chi connectivity index (χ1v) is 8.09. The Kier molecular flexibility index (Phi) is 5.74. The Morgan fingerprint density at radius 2 is 2.15 bits per heavy atom. The van der Waals surface area contributed by atoms with Gasteiger partial charge in [-0.3, -0.25) is 0 Å². The second-order valence-corrected chi connectivity index (χ2v) is 6.54. The third kappa shape index (κ3) is 3.67. The lowest BCUT2D eigenvalue weighted by Crippen LogP contribution is -2.41. The molecule has 0 aromatic heterocycles. The average molecular weight is 316 g/mol. The first-order chi connectivity index (χ1) is 9.57. The molecule has 1 aliphatic heterocycles. The van der Waals surface area contributed by atoms with Crippen LogP contribution in [0.2, 0.25) is 10.0 Å². The lowest BCUT2D eigenvalue weighted by atomic mass is 9.76. The van der Waals surface area contributed by atoms with Crippen LogP contribution in [-0.2, 0) is 11.2 Å². The van der Waals surface area contributed by atoms with Crippen LogP contribution < -0.4 is 5.32 Å². The van der Waals surface area contributed by atoms with Crippen LogP contribution in [0.1, 0.15) is 32.3 Å². The fourth-order valence-electron chi connectivity index (χ4n) is 2.92. The van der Waals surface area contributed by atoms with E-state index in [4.69, 9.17) is 27.9 Å². The van der Waals surface area contributed by atoms with Gasteiger partial charge in [0, 0.05) is 18.6 Å². The molecule has 4 heteroatoms. The van der Waals surface area contributed by atoms with E-state index in [0.29, 0.717) is 10.0 Å². The Bertz CT molecular complexity index is 452. The summed E-state index contributed by atoms with van der Waals surface area (Å²) in [5, 5.41) is 4.80. The van der Waals surface area contributed by atoms with Crippen LogP contribution in [0, 0.1) is 5.41 Å². The Labute approximate surface area is 131 Å². The number of hydrogen-bond donors (Lipinski definition) is 1. The molecular formula is C16H23Cl2NO. The zero-order valence-electron chi connectivity index (χ0n) is 12.2. The van der Waals surface area contributed by atoms with Crippen molar-refractivity contribution in [2.45, 2.75) is 39.2 Å². The summed E-state index contributed by atoms with van der Waals surface area (Å²) in [7, 11) is 0. The van der Waals surface area contributed by atoms with Crippen molar-refractivity contribution in [1.29, 1.82) is 0 Å². The number of halogens is 2. The van der Waals surface area contributed by atoms with Crippen molar-refractivity contribution in [3.8, 4) is 0 Å². The van der Waals surface area contributed by atoms with Crippen LogP contribution in [0.15, 0.2) is 18.2 Å². The SMILES string of the molecule is CCCNCC1(Cc2ccc(Cl)c(Cl)c2)CCOC1C. The third-order valence-electron chi connectivity index (χ3n) is 4.27. The standard InChI is InChI=1S/C16H23Cl2NO/c1-3-7-19-11-16(6-8-20-12(16)2)10-13-4-5-14(17)15(18)9-13/h4-5,9,12,19H,3,6-8,10-11H2,1-2H3. The van der Waals surface area contributed by atoms with Crippen LogP contribution in [0.5, 0.6) is 0 Å². The van der Waals surface area contributed by atoms with Crippen molar-refractivity contribution >= 4 is 23.2 Å². The van der Waals surface area contributed by atoms with Crippen LogP contribution in [0.3, 0.4) is 0 Å². The molecule has 1 fully saturated rings. The summed E-state index contributed by atoms with van der Waals surface area (Å²) in [5.41, 5.74) is 1.39. The normalized spacial score (nSPS) is 26.1. The summed E-state index contributed by atoms with van der Waals surface area (Å²) in [6, 6.07) is 5.93. The molecule has 2 atom stereocenters. The van der Waals surface area contributed by atoms with Crippen LogP contribution >= 0.6 is 23.2 Å². The highest BCUT2D eigenvalue weighted by atomic mass is 35.5. The summed E-state index contributed by atoms with van der Waals surface area (Å²) in [4.78, 5) is 0. The first kappa shape index (κ1) is 16.1. The molecule has 112 valence electrons. The summed E-state index contributed by atoms with van der Waals surface area (Å²) in [6.07, 6.45) is 3.48. The smallest absolute Gasteiger partial charge is 0.0619 e. The van der Waals surface area contributed by atoms with Gasteiger partial charge < -0.3 is 10.1 Å². The fourth-order valence-corrected chi connectivity index (χ4v) is 3.24. The van der Waals surface area contributed by atoms with Gasteiger partial charge in [0.1, 0.15) is 0 Å². The first-order valence-electron chi connectivity index (χ1n) is 7.33. The molecule has 0 saturated carbocycles. The second-order valence-electron chi connectivity index (χ2n) is 5.73. The van der Waals surface area contributed by atoms with Crippen LogP contribution in [0.25, 0.3) is 0 Å². The molecule has 1 aromatic carbocycles. The zero-order chi connectivity index (χ0) is 14.6. The predicted octanol–water partition coefficient (Wildman–Crippen LogP) is 4.33. The number of benzene rings is 1. The lowest BCUT2D eigenvalue weighted by Gasteiger charge is -2.33. The summed E-state index contributed by atoms with van der Waals surface area (Å²) >= 11 is 12.1. The van der Waals surface area contributed by atoms with E-state index in [1.54, 1.807) is 0 Å². The molecule has 0 radical (unpaired) electrons. The Hall–Kier alpha value is -0.280. The van der Waals surface area contributed by atoms with Crippen LogP contribution in [-0.4, -0.2) is 25.8 Å². The molecule has 1 aliphatic rings. The maximum Gasteiger partial charge on any atom is 0.0619 e. The summed E-state index contributed by atoms with van der Waals surface area (Å²) in [5.74, 6) is 0. The van der Waals surface area contributed by atoms with Gasteiger partial charge in [-0.15, -0.1) is 0 Å². The van der Waals surface area contributed by atoms with Gasteiger partial charge in [0.15, 0.2) is 0 Å². The fraction of sp³-hybridized carbons (Fsp3) is 0.625. The maximum absolute atomic E-state index is 6.13. The molecule has 20 heavy (non-hydrogen) atoms. The molecule has 1 aromatic rings. The second kappa shape index (κ2) is 7.13. The van der Waals surface area contributed by atoms with Gasteiger partial charge in [-0.05, 0) is 50.4 Å². The van der Waals surface area contributed by atoms with E-state index < -0.39 is 0 Å². The Morgan fingerprint density at radius 3 is 2.75 bits per heavy atom. The minimum Gasteiger partial charge on any atom is -0.378 e. The maximum atomic E-state index is 6.13. The van der Waals surface area contributed by atoms with E-state index in [-0.39, 0.29) is 11.5 Å². The molecule has 0 amide bonds. The van der Waals surface area contributed by atoms with Gasteiger partial charge in [0.2, 0.25) is 0 Å². The van der Waals surface area contributed by atoms with E-state index in [1.165, 1.54) is 5.56 Å². The highest BCUT2D eigenvalue weighted by molar-refractivity contribution is 6.42. The molecule has 0 aliphatic carbocycles. The summed E-state index contributed by atoms with van der Waals surface area (Å²) in [6.45, 7) is 7.25. The Morgan fingerprint density at radius 1 is 1.35 bits per heavy atom. The number of hydrogen-bond acceptors (Lipinski definition) is 2. The molecule has 0 bridgehead atoms. The van der Waals surface area contributed by atoms with Gasteiger partial charge >= 0.3 is 0 Å². The zero-order valence-corrected chi connectivity index (χ0v) is 13.7. The number of nitrogens with one attached hydrogen (secondary N) is 1. The highest BCUT2D eigenvalue weighted by Crippen LogP contribution is 2.38. The van der Waals surface area contributed by atoms with Crippen molar-refractivity contribution in [2.24, 2.45) is 5.41 Å². The molecular weight excluding hydrogens is 293 g/mol. The van der Waals surface area contributed by atoms with Gasteiger partial charge in [-0.25, -0.2) is 0 Å². The molecule has 1 saturated heterocycles. The van der Waals surface area contributed by atoms with Gasteiger partial charge in [-0.2, -0.15) is 0 Å². The average Bonchev–Trinajstić information content (AvgIpc) is 2.76. The minimum absolute atomic E-state index is 0.159. The lowest BCUT2D eigenvalue weighted by molar-refractivity contribution is 0.0631. The van der Waals surface area contributed by atoms with E-state index in [1.807, 2.05) is 12.1 Å². The van der Waals surface area contributed by atoms with Crippen molar-refractivity contribution in [2.75, 3.05) is 19.7 Å². The van der Waals surface area contributed by atoms with E-state index in [2.05, 4.69) is 25.2 Å². The van der Waals surface area contributed by atoms with Gasteiger partial charge in [-0.1, -0.05) is 36.2 Å². The quantitative estimate of drug-likeness (QED) is 0.789. The van der Waals surface area contributed by atoms with Gasteiger partial charge in [0.25, 0.3) is 0 Å². The number of rotatable bonds is 6. The molecule has 2 unspecified atom stereocenters. The van der Waals surface area contributed by atoms with Crippen molar-refractivity contribution < 1.29 is 4.74 Å². The van der Waals surface area contributed by atoms with E-state index in [0.717, 1.165) is 39.0 Å². The molecule has 1 heterocycles. The molecule has 0 spiro atoms. The topological polar surface area (TPSA) is 21.3 Å². The molecule has 2 nitrogen and oxygen atoms in total. The van der Waals surface area contributed by atoms with Crippen molar-refractivity contribution in [3.63, 3.8) is 0 Å². The monoisotopic (exact) mass is 315 g/mol. The van der Waals surface area contributed by atoms with E-state index >= 15 is 0 Å². The number of ether oxygens (including phenoxy) is 1. The van der Waals surface area contributed by atoms with E-state index in [9.17, 15) is 0 Å². The summed E-state index contributed by atoms with van der Waals surface area (Å²) < 4.78 is 5.83. The minimum atomic E-state index is 0.159. The third-order valence-corrected chi connectivity index (χ3v) is 5.01. The predicted molar refractivity (Wildman–Crippen MR) is 85.8 cm³/mol. The van der Waals surface area contributed by atoms with Crippen molar-refractivity contribution in [3.05, 3.63) is 33.8 Å². The largest absolute Gasteiger partial charge is 0.378 e. The Balaban J connectivity index is 2.12. The van der Waals surface area contributed by atoms with Crippen molar-refractivity contribution in [1.82, 2.24) is 5.32 Å². The molecule has 1 N–H and O–H groups in total. The van der Waals surface area contributed by atoms with Gasteiger partial charge in [0.05, 0.1) is 16.1 Å². The van der Waals surface area contributed by atoms with Crippen LogP contribution in [0.4, 0.5) is 0 Å².